The maximum atomic E-state index is 12.6. The van der Waals surface area contributed by atoms with Crippen molar-refractivity contribution in [3.8, 4) is 0 Å². The van der Waals surface area contributed by atoms with E-state index in [1.807, 2.05) is 107 Å². The lowest BCUT2D eigenvalue weighted by atomic mass is 9.92. The summed E-state index contributed by atoms with van der Waals surface area (Å²) in [5, 5.41) is 2.70. The molecule has 2 saturated heterocycles. The number of halogens is 4. The van der Waals surface area contributed by atoms with Gasteiger partial charge in [-0.1, -0.05) is 102 Å². The molecule has 0 N–H and O–H groups in total. The van der Waals surface area contributed by atoms with E-state index in [1.54, 1.807) is 0 Å². The van der Waals surface area contributed by atoms with E-state index in [9.17, 15) is 9.59 Å². The van der Waals surface area contributed by atoms with Crippen molar-refractivity contribution in [2.24, 2.45) is 11.8 Å². The fourth-order valence-corrected chi connectivity index (χ4v) is 7.50. The van der Waals surface area contributed by atoms with Crippen molar-refractivity contribution < 1.29 is 19.1 Å². The number of carbonyl (C=O) groups is 2. The van der Waals surface area contributed by atoms with Crippen molar-refractivity contribution >= 4 is 58.2 Å². The number of rotatable bonds is 8. The van der Waals surface area contributed by atoms with Crippen LogP contribution in [-0.4, -0.2) is 47.9 Å². The summed E-state index contributed by atoms with van der Waals surface area (Å²) in [7, 11) is 0. The van der Waals surface area contributed by atoms with E-state index in [-0.39, 0.29) is 56.7 Å². The molecule has 4 aromatic rings. The number of morpholine rings is 2. The molecule has 268 valence electrons. The zero-order chi connectivity index (χ0) is 34.8. The average Bonchev–Trinajstić information content (AvgIpc) is 4.05. The Morgan fingerprint density at radius 2 is 0.882 bits per heavy atom. The molecule has 51 heavy (non-hydrogen) atoms. The first-order valence-corrected chi connectivity index (χ1v) is 18.6. The van der Waals surface area contributed by atoms with Gasteiger partial charge in [0.1, 0.15) is 25.4 Å². The van der Waals surface area contributed by atoms with Crippen LogP contribution in [0.1, 0.15) is 79.7 Å². The lowest BCUT2D eigenvalue weighted by Gasteiger charge is -2.41. The zero-order valence-electron chi connectivity index (χ0n) is 27.4. The normalized spacial score (nSPS) is 23.3. The third kappa shape index (κ3) is 9.29. The molecule has 0 radical (unpaired) electrons. The van der Waals surface area contributed by atoms with E-state index in [0.29, 0.717) is 31.9 Å². The number of benzene rings is 4. The fraction of sp³-hybridized carbons (Fsp3) is 0.366. The number of hydrogen-bond donors (Lipinski definition) is 0. The molecular weight excluding hydrogens is 726 g/mol. The predicted molar refractivity (Wildman–Crippen MR) is 204 cm³/mol. The predicted octanol–water partition coefficient (Wildman–Crippen LogP) is 10.7. The summed E-state index contributed by atoms with van der Waals surface area (Å²) in [6, 6.07) is 30.4. The number of ether oxygens (including phenoxy) is 2. The second kappa shape index (κ2) is 16.7. The minimum Gasteiger partial charge on any atom is -0.361 e. The molecule has 2 amide bonds. The Bertz CT molecular complexity index is 1680. The minimum atomic E-state index is -0.240. The maximum Gasteiger partial charge on any atom is 0.249 e. The van der Waals surface area contributed by atoms with E-state index in [2.05, 4.69) is 0 Å². The standard InChI is InChI=1S/2C20H19Cl2NO2.CH4/c2*21-16-8-6-14(7-9-16)19-20(15-2-1-3-17(22)10-15)25-12-18(24)23(19)11-13-4-5-13;/h2*1-3,6-10,13,19-20H,4-5,11-12H2;1H4/t2*19-,20+;/m10./s1. The van der Waals surface area contributed by atoms with Crippen LogP contribution in [0.5, 0.6) is 0 Å². The van der Waals surface area contributed by atoms with Crippen LogP contribution in [-0.2, 0) is 19.1 Å². The van der Waals surface area contributed by atoms with Gasteiger partial charge in [0.2, 0.25) is 11.8 Å². The van der Waals surface area contributed by atoms with Gasteiger partial charge in [0.05, 0.1) is 12.1 Å². The van der Waals surface area contributed by atoms with Gasteiger partial charge in [0.15, 0.2) is 0 Å². The maximum absolute atomic E-state index is 12.6. The molecule has 2 heterocycles. The second-order valence-corrected chi connectivity index (χ2v) is 15.3. The molecule has 0 unspecified atom stereocenters. The smallest absolute Gasteiger partial charge is 0.249 e. The van der Waals surface area contributed by atoms with E-state index >= 15 is 0 Å². The quantitative estimate of drug-likeness (QED) is 0.179. The first-order valence-electron chi connectivity index (χ1n) is 17.1. The molecule has 0 bridgehead atoms. The van der Waals surface area contributed by atoms with Crippen LogP contribution in [0.3, 0.4) is 0 Å². The Kier molecular flexibility index (Phi) is 12.3. The van der Waals surface area contributed by atoms with E-state index in [4.69, 9.17) is 55.9 Å². The van der Waals surface area contributed by atoms with Gasteiger partial charge in [-0.05, 0) is 108 Å². The summed E-state index contributed by atoms with van der Waals surface area (Å²) in [5.41, 5.74) is 4.03. The van der Waals surface area contributed by atoms with Gasteiger partial charge in [-0.15, -0.1) is 0 Å². The van der Waals surface area contributed by atoms with Gasteiger partial charge in [-0.25, -0.2) is 0 Å². The second-order valence-electron chi connectivity index (χ2n) is 13.5. The van der Waals surface area contributed by atoms with Crippen LogP contribution in [0, 0.1) is 11.8 Å². The van der Waals surface area contributed by atoms with Crippen molar-refractivity contribution in [2.45, 2.75) is 57.4 Å². The first-order chi connectivity index (χ1) is 24.2. The summed E-state index contributed by atoms with van der Waals surface area (Å²) in [4.78, 5) is 29.2. The van der Waals surface area contributed by atoms with Crippen LogP contribution in [0.15, 0.2) is 97.1 Å². The number of nitrogens with zero attached hydrogens (tertiary/aromatic N) is 2. The molecule has 4 atom stereocenters. The third-order valence-electron chi connectivity index (χ3n) is 9.74. The van der Waals surface area contributed by atoms with Crippen molar-refractivity contribution in [2.75, 3.05) is 26.3 Å². The number of carbonyl (C=O) groups excluding carboxylic acids is 2. The topological polar surface area (TPSA) is 59.1 Å². The van der Waals surface area contributed by atoms with Gasteiger partial charge in [-0.2, -0.15) is 0 Å². The molecule has 8 rings (SSSR count). The van der Waals surface area contributed by atoms with Crippen molar-refractivity contribution in [3.05, 3.63) is 139 Å². The van der Waals surface area contributed by atoms with Crippen LogP contribution >= 0.6 is 46.4 Å². The summed E-state index contributed by atoms with van der Waals surface area (Å²) in [6.07, 6.45) is 4.30. The fourth-order valence-electron chi connectivity index (χ4n) is 6.85. The van der Waals surface area contributed by atoms with Crippen LogP contribution in [0.4, 0.5) is 0 Å². The number of hydrogen-bond acceptors (Lipinski definition) is 4. The molecule has 0 spiro atoms. The van der Waals surface area contributed by atoms with E-state index in [0.717, 1.165) is 35.3 Å². The highest BCUT2D eigenvalue weighted by molar-refractivity contribution is 6.31. The lowest BCUT2D eigenvalue weighted by molar-refractivity contribution is -0.159. The van der Waals surface area contributed by atoms with Crippen molar-refractivity contribution in [3.63, 3.8) is 0 Å². The Morgan fingerprint density at radius 3 is 1.22 bits per heavy atom. The van der Waals surface area contributed by atoms with Gasteiger partial charge in [-0.3, -0.25) is 9.59 Å². The van der Waals surface area contributed by atoms with Crippen LogP contribution in [0.2, 0.25) is 20.1 Å². The van der Waals surface area contributed by atoms with Crippen molar-refractivity contribution in [1.29, 1.82) is 0 Å². The highest BCUT2D eigenvalue weighted by atomic mass is 35.5. The van der Waals surface area contributed by atoms with Crippen LogP contribution < -0.4 is 0 Å². The third-order valence-corrected chi connectivity index (χ3v) is 10.7. The highest BCUT2D eigenvalue weighted by Gasteiger charge is 2.42. The zero-order valence-corrected chi connectivity index (χ0v) is 30.4. The molecule has 4 fully saturated rings. The molecule has 2 aliphatic carbocycles. The van der Waals surface area contributed by atoms with Gasteiger partial charge in [0, 0.05) is 33.2 Å². The molecule has 6 nitrogen and oxygen atoms in total. The summed E-state index contributed by atoms with van der Waals surface area (Å²) in [5.74, 6) is 1.31. The van der Waals surface area contributed by atoms with E-state index < -0.39 is 0 Å². The number of amides is 2. The molecule has 4 aliphatic rings. The van der Waals surface area contributed by atoms with Gasteiger partial charge < -0.3 is 19.3 Å². The Labute approximate surface area is 320 Å². The van der Waals surface area contributed by atoms with Crippen molar-refractivity contribution in [1.82, 2.24) is 9.80 Å². The van der Waals surface area contributed by atoms with E-state index in [1.165, 1.54) is 25.7 Å². The monoisotopic (exact) mass is 766 g/mol. The van der Waals surface area contributed by atoms with Crippen LogP contribution in [0.25, 0.3) is 0 Å². The summed E-state index contributed by atoms with van der Waals surface area (Å²) < 4.78 is 12.0. The highest BCUT2D eigenvalue weighted by Crippen LogP contribution is 2.45. The Morgan fingerprint density at radius 1 is 0.510 bits per heavy atom. The van der Waals surface area contributed by atoms with Gasteiger partial charge >= 0.3 is 0 Å². The Balaban J connectivity index is 0.000000172. The largest absolute Gasteiger partial charge is 0.361 e. The van der Waals surface area contributed by atoms with Gasteiger partial charge in [0.25, 0.3) is 0 Å². The lowest BCUT2D eigenvalue weighted by Crippen LogP contribution is -2.46. The summed E-state index contributed by atoms with van der Waals surface area (Å²) in [6.45, 7) is 1.78. The molecule has 10 heteroatoms. The molecule has 2 saturated carbocycles. The molecular formula is C41H42Cl4N2O4. The SMILES string of the molecule is C.O=C1CO[C@@H](c2cccc(Cl)c2)[C@@H](c2ccc(Cl)cc2)N1CC1CC1.O=C1CO[C@H](c2cccc(Cl)c2)[C@H](c2ccc(Cl)cc2)N1CC1CC1. The molecule has 0 aromatic heterocycles. The Hall–Kier alpha value is -3.10. The minimum absolute atomic E-state index is 0. The first kappa shape index (κ1) is 37.7. The molecule has 2 aliphatic heterocycles. The average molecular weight is 769 g/mol. The molecule has 4 aromatic carbocycles. The summed E-state index contributed by atoms with van der Waals surface area (Å²) >= 11 is 24.5.